The van der Waals surface area contributed by atoms with Gasteiger partial charge in [-0.25, -0.2) is 0 Å². The van der Waals surface area contributed by atoms with Crippen molar-refractivity contribution in [3.8, 4) is 0 Å². The van der Waals surface area contributed by atoms with Gasteiger partial charge in [-0.05, 0) is 46.5 Å². The summed E-state index contributed by atoms with van der Waals surface area (Å²) in [6, 6.07) is 19.3. The second-order valence-corrected chi connectivity index (χ2v) is 7.73. The molecule has 0 spiro atoms. The molecular weight excluding hydrogens is 456 g/mol. The van der Waals surface area contributed by atoms with Gasteiger partial charge in [0.25, 0.3) is 0 Å². The summed E-state index contributed by atoms with van der Waals surface area (Å²) in [4.78, 5) is 0.158. The standard InChI is InChI=1S/C18H13Br3/c1-11-6-8-15(14-5-3-2-4-13(11)14)18(21)16-9-7-12(19)10-17(16)20/h2-10,18H,1H3. The van der Waals surface area contributed by atoms with Crippen molar-refractivity contribution in [2.24, 2.45) is 0 Å². The van der Waals surface area contributed by atoms with Gasteiger partial charge in [-0.3, -0.25) is 0 Å². The average Bonchev–Trinajstić information content (AvgIpc) is 2.47. The molecule has 0 fully saturated rings. The van der Waals surface area contributed by atoms with E-state index in [4.69, 9.17) is 0 Å². The number of fused-ring (bicyclic) bond motifs is 1. The van der Waals surface area contributed by atoms with E-state index in [1.54, 1.807) is 0 Å². The summed E-state index contributed by atoms with van der Waals surface area (Å²) < 4.78 is 2.18. The zero-order valence-corrected chi connectivity index (χ0v) is 16.2. The molecule has 0 radical (unpaired) electrons. The molecule has 106 valence electrons. The zero-order valence-electron chi connectivity index (χ0n) is 11.4. The number of rotatable bonds is 2. The van der Waals surface area contributed by atoms with Crippen LogP contribution in [0.2, 0.25) is 0 Å². The summed E-state index contributed by atoms with van der Waals surface area (Å²) in [5.41, 5.74) is 3.83. The van der Waals surface area contributed by atoms with E-state index < -0.39 is 0 Å². The second-order valence-electron chi connectivity index (χ2n) is 5.05. The number of benzene rings is 3. The highest BCUT2D eigenvalue weighted by molar-refractivity contribution is 9.11. The molecular formula is C18H13Br3. The predicted octanol–water partition coefficient (Wildman–Crippen LogP) is 7.16. The van der Waals surface area contributed by atoms with E-state index >= 15 is 0 Å². The third-order valence-electron chi connectivity index (χ3n) is 3.68. The average molecular weight is 469 g/mol. The number of hydrogen-bond donors (Lipinski definition) is 0. The van der Waals surface area contributed by atoms with Crippen LogP contribution in [0.3, 0.4) is 0 Å². The van der Waals surface area contributed by atoms with Crippen LogP contribution in [0, 0.1) is 6.92 Å². The van der Waals surface area contributed by atoms with Crippen molar-refractivity contribution in [1.29, 1.82) is 0 Å². The Balaban J connectivity index is 2.18. The van der Waals surface area contributed by atoms with Crippen molar-refractivity contribution in [2.45, 2.75) is 11.8 Å². The summed E-state index contributed by atoms with van der Waals surface area (Å²) in [6.45, 7) is 2.16. The fourth-order valence-electron chi connectivity index (χ4n) is 2.57. The molecule has 1 unspecified atom stereocenters. The number of halogens is 3. The first-order chi connectivity index (χ1) is 10.1. The molecule has 0 aromatic heterocycles. The SMILES string of the molecule is Cc1ccc(C(Br)c2ccc(Br)cc2Br)c2ccccc12. The van der Waals surface area contributed by atoms with Crippen molar-refractivity contribution in [3.05, 3.63) is 80.2 Å². The molecule has 0 N–H and O–H groups in total. The monoisotopic (exact) mass is 466 g/mol. The van der Waals surface area contributed by atoms with Crippen LogP contribution in [-0.4, -0.2) is 0 Å². The molecule has 1 atom stereocenters. The fraction of sp³-hybridized carbons (Fsp3) is 0.111. The molecule has 0 aliphatic heterocycles. The highest BCUT2D eigenvalue weighted by Gasteiger charge is 2.16. The fourth-order valence-corrected chi connectivity index (χ4v) is 4.95. The Kier molecular flexibility index (Phi) is 4.53. The number of aryl methyl sites for hydroxylation is 1. The maximum Gasteiger partial charge on any atom is 0.0661 e. The lowest BCUT2D eigenvalue weighted by molar-refractivity contribution is 1.18. The second kappa shape index (κ2) is 6.23. The molecule has 0 nitrogen and oxygen atoms in total. The third kappa shape index (κ3) is 2.96. The minimum atomic E-state index is 0.158. The van der Waals surface area contributed by atoms with Crippen LogP contribution >= 0.6 is 47.8 Å². The Hall–Kier alpha value is -0.640. The van der Waals surface area contributed by atoms with Gasteiger partial charge in [0, 0.05) is 8.95 Å². The molecule has 0 bridgehead atoms. The number of hydrogen-bond acceptors (Lipinski definition) is 0. The summed E-state index contributed by atoms with van der Waals surface area (Å²) in [6.07, 6.45) is 0. The molecule has 3 aromatic rings. The molecule has 0 aliphatic rings. The van der Waals surface area contributed by atoms with Crippen molar-refractivity contribution in [3.63, 3.8) is 0 Å². The van der Waals surface area contributed by atoms with Crippen molar-refractivity contribution in [2.75, 3.05) is 0 Å². The first-order valence-electron chi connectivity index (χ1n) is 6.65. The lowest BCUT2D eigenvalue weighted by Crippen LogP contribution is -1.96. The topological polar surface area (TPSA) is 0 Å². The normalized spacial score (nSPS) is 12.6. The Morgan fingerprint density at radius 3 is 2.19 bits per heavy atom. The molecule has 0 heterocycles. The van der Waals surface area contributed by atoms with Crippen LogP contribution in [0.5, 0.6) is 0 Å². The van der Waals surface area contributed by atoms with E-state index in [1.165, 1.54) is 27.5 Å². The zero-order chi connectivity index (χ0) is 15.0. The predicted molar refractivity (Wildman–Crippen MR) is 101 cm³/mol. The van der Waals surface area contributed by atoms with Crippen molar-refractivity contribution < 1.29 is 0 Å². The molecule has 0 amide bonds. The van der Waals surface area contributed by atoms with Crippen LogP contribution in [-0.2, 0) is 0 Å². The Bertz CT molecular complexity index is 809. The van der Waals surface area contributed by atoms with Gasteiger partial charge in [0.2, 0.25) is 0 Å². The van der Waals surface area contributed by atoms with Crippen LogP contribution < -0.4 is 0 Å². The van der Waals surface area contributed by atoms with Crippen LogP contribution in [0.15, 0.2) is 63.5 Å². The lowest BCUT2D eigenvalue weighted by atomic mass is 9.96. The molecule has 21 heavy (non-hydrogen) atoms. The van der Waals surface area contributed by atoms with E-state index in [2.05, 4.69) is 109 Å². The summed E-state index contributed by atoms with van der Waals surface area (Å²) >= 11 is 11.0. The summed E-state index contributed by atoms with van der Waals surface area (Å²) in [7, 11) is 0. The molecule has 3 aromatic carbocycles. The van der Waals surface area contributed by atoms with Crippen molar-refractivity contribution in [1.82, 2.24) is 0 Å². The maximum absolute atomic E-state index is 3.87. The molecule has 0 saturated heterocycles. The van der Waals surface area contributed by atoms with Gasteiger partial charge in [0.05, 0.1) is 4.83 Å². The Morgan fingerprint density at radius 1 is 0.810 bits per heavy atom. The largest absolute Gasteiger partial charge is 0.0786 e. The first kappa shape index (κ1) is 15.3. The Labute approximate surface area is 150 Å². The van der Waals surface area contributed by atoms with Crippen molar-refractivity contribution >= 4 is 58.6 Å². The minimum Gasteiger partial charge on any atom is -0.0786 e. The molecule has 0 aliphatic carbocycles. The quantitative estimate of drug-likeness (QED) is 0.350. The smallest absolute Gasteiger partial charge is 0.0661 e. The lowest BCUT2D eigenvalue weighted by Gasteiger charge is -2.16. The van der Waals surface area contributed by atoms with Gasteiger partial charge in [-0.1, -0.05) is 90.3 Å². The van der Waals surface area contributed by atoms with E-state index in [0.717, 1.165) is 8.95 Å². The highest BCUT2D eigenvalue weighted by atomic mass is 79.9. The molecule has 3 rings (SSSR count). The van der Waals surface area contributed by atoms with Gasteiger partial charge in [0.15, 0.2) is 0 Å². The van der Waals surface area contributed by atoms with Gasteiger partial charge >= 0.3 is 0 Å². The minimum absolute atomic E-state index is 0.158. The Morgan fingerprint density at radius 2 is 1.48 bits per heavy atom. The molecule has 0 saturated carbocycles. The highest BCUT2D eigenvalue weighted by Crippen LogP contribution is 2.39. The van der Waals surface area contributed by atoms with E-state index in [1.807, 2.05) is 0 Å². The van der Waals surface area contributed by atoms with E-state index in [-0.39, 0.29) is 4.83 Å². The molecule has 3 heteroatoms. The number of alkyl halides is 1. The first-order valence-corrected chi connectivity index (χ1v) is 9.15. The van der Waals surface area contributed by atoms with Crippen LogP contribution in [0.4, 0.5) is 0 Å². The van der Waals surface area contributed by atoms with Gasteiger partial charge in [-0.15, -0.1) is 0 Å². The third-order valence-corrected chi connectivity index (χ3v) is 5.85. The maximum atomic E-state index is 3.87. The van der Waals surface area contributed by atoms with E-state index in [9.17, 15) is 0 Å². The van der Waals surface area contributed by atoms with Crippen LogP contribution in [0.1, 0.15) is 21.5 Å². The van der Waals surface area contributed by atoms with E-state index in [0.29, 0.717) is 0 Å². The van der Waals surface area contributed by atoms with Gasteiger partial charge in [0.1, 0.15) is 0 Å². The summed E-state index contributed by atoms with van der Waals surface area (Å²) in [5, 5.41) is 2.61. The van der Waals surface area contributed by atoms with Gasteiger partial charge in [-0.2, -0.15) is 0 Å². The van der Waals surface area contributed by atoms with Gasteiger partial charge < -0.3 is 0 Å². The summed E-state index contributed by atoms with van der Waals surface area (Å²) in [5.74, 6) is 0. The van der Waals surface area contributed by atoms with Crippen LogP contribution in [0.25, 0.3) is 10.8 Å².